The molecule has 7 heteroatoms. The maximum atomic E-state index is 11.8. The minimum Gasteiger partial charge on any atom is -0.461 e. The molecule has 2 aromatic rings. The summed E-state index contributed by atoms with van der Waals surface area (Å²) >= 11 is 0. The molecule has 20 heavy (non-hydrogen) atoms. The van der Waals surface area contributed by atoms with E-state index in [0.717, 1.165) is 0 Å². The van der Waals surface area contributed by atoms with Crippen molar-refractivity contribution in [1.29, 1.82) is 0 Å². The van der Waals surface area contributed by atoms with E-state index in [-0.39, 0.29) is 18.0 Å². The third-order valence-electron chi connectivity index (χ3n) is 2.76. The number of aromatic amines is 1. The molecule has 0 aliphatic heterocycles. The number of aromatic nitrogens is 2. The average molecular weight is 275 g/mol. The van der Waals surface area contributed by atoms with Crippen LogP contribution in [0, 0.1) is 17.0 Å². The first kappa shape index (κ1) is 13.7. The fourth-order valence-electron chi connectivity index (χ4n) is 1.90. The summed E-state index contributed by atoms with van der Waals surface area (Å²) in [6.07, 6.45) is 0. The molecule has 0 saturated carbocycles. The molecule has 1 heterocycles. The van der Waals surface area contributed by atoms with Crippen molar-refractivity contribution in [3.8, 4) is 11.1 Å². The second-order valence-electron chi connectivity index (χ2n) is 4.10. The van der Waals surface area contributed by atoms with E-state index >= 15 is 0 Å². The molecule has 0 radical (unpaired) electrons. The molecule has 0 saturated heterocycles. The molecule has 0 amide bonds. The number of carbonyl (C=O) groups is 1. The molecule has 0 unspecified atom stereocenters. The third kappa shape index (κ3) is 2.51. The van der Waals surface area contributed by atoms with E-state index in [2.05, 4.69) is 10.2 Å². The quantitative estimate of drug-likeness (QED) is 0.525. The molecule has 1 aromatic heterocycles. The Kier molecular flexibility index (Phi) is 3.79. The van der Waals surface area contributed by atoms with Crippen molar-refractivity contribution < 1.29 is 14.5 Å². The molecule has 7 nitrogen and oxygen atoms in total. The van der Waals surface area contributed by atoms with Crippen LogP contribution in [0.4, 0.5) is 5.69 Å². The van der Waals surface area contributed by atoms with Gasteiger partial charge in [-0.05, 0) is 19.4 Å². The topological polar surface area (TPSA) is 98.1 Å². The first-order valence-corrected chi connectivity index (χ1v) is 6.01. The summed E-state index contributed by atoms with van der Waals surface area (Å²) in [5.74, 6) is -0.557. The fraction of sp³-hybridized carbons (Fsp3) is 0.231. The van der Waals surface area contributed by atoms with Gasteiger partial charge < -0.3 is 4.74 Å². The minimum absolute atomic E-state index is 0.0436. The summed E-state index contributed by atoms with van der Waals surface area (Å²) < 4.78 is 4.93. The van der Waals surface area contributed by atoms with Crippen molar-refractivity contribution >= 4 is 11.7 Å². The number of benzene rings is 1. The van der Waals surface area contributed by atoms with Gasteiger partial charge in [-0.25, -0.2) is 4.79 Å². The van der Waals surface area contributed by atoms with Gasteiger partial charge in [0.25, 0.3) is 5.69 Å². The van der Waals surface area contributed by atoms with Crippen LogP contribution in [-0.2, 0) is 4.74 Å². The molecule has 0 bridgehead atoms. The van der Waals surface area contributed by atoms with Gasteiger partial charge in [0.2, 0.25) is 0 Å². The highest BCUT2D eigenvalue weighted by atomic mass is 16.6. The highest BCUT2D eigenvalue weighted by Crippen LogP contribution is 2.29. The normalized spacial score (nSPS) is 10.3. The van der Waals surface area contributed by atoms with Crippen molar-refractivity contribution in [2.45, 2.75) is 13.8 Å². The highest BCUT2D eigenvalue weighted by Gasteiger charge is 2.21. The van der Waals surface area contributed by atoms with Crippen molar-refractivity contribution in [2.24, 2.45) is 0 Å². The van der Waals surface area contributed by atoms with Crippen LogP contribution < -0.4 is 0 Å². The Bertz CT molecular complexity index is 663. The zero-order valence-electron chi connectivity index (χ0n) is 11.0. The second-order valence-corrected chi connectivity index (χ2v) is 4.10. The summed E-state index contributed by atoms with van der Waals surface area (Å²) in [5, 5.41) is 17.4. The molecule has 0 aliphatic carbocycles. The first-order valence-electron chi connectivity index (χ1n) is 6.01. The number of non-ortho nitro benzene ring substituents is 1. The van der Waals surface area contributed by atoms with Crippen LogP contribution in [-0.4, -0.2) is 27.7 Å². The van der Waals surface area contributed by atoms with E-state index in [4.69, 9.17) is 4.74 Å². The summed E-state index contributed by atoms with van der Waals surface area (Å²) in [6, 6.07) is 6.05. The van der Waals surface area contributed by atoms with Gasteiger partial charge in [0.15, 0.2) is 5.69 Å². The molecule has 0 spiro atoms. The number of nitrogens with zero attached hydrogens (tertiary/aromatic N) is 2. The lowest BCUT2D eigenvalue weighted by Crippen LogP contribution is -2.06. The molecule has 0 aliphatic rings. The van der Waals surface area contributed by atoms with E-state index in [1.165, 1.54) is 12.1 Å². The SMILES string of the molecule is CCOC(=O)c1n[nH]c(C)c1-c1cccc([N+](=O)[O-])c1. The lowest BCUT2D eigenvalue weighted by molar-refractivity contribution is -0.384. The number of hydrogen-bond acceptors (Lipinski definition) is 5. The van der Waals surface area contributed by atoms with Gasteiger partial charge in [-0.1, -0.05) is 12.1 Å². The molecule has 0 fully saturated rings. The summed E-state index contributed by atoms with van der Waals surface area (Å²) in [6.45, 7) is 3.67. The van der Waals surface area contributed by atoms with E-state index in [1.807, 2.05) is 0 Å². The minimum atomic E-state index is -0.557. The van der Waals surface area contributed by atoms with Gasteiger partial charge in [0.1, 0.15) is 0 Å². The van der Waals surface area contributed by atoms with Crippen LogP contribution in [0.3, 0.4) is 0 Å². The number of nitrogens with one attached hydrogen (secondary N) is 1. The first-order chi connectivity index (χ1) is 9.54. The fourth-order valence-corrected chi connectivity index (χ4v) is 1.90. The van der Waals surface area contributed by atoms with Crippen molar-refractivity contribution in [2.75, 3.05) is 6.61 Å². The number of nitro groups is 1. The number of ether oxygens (including phenoxy) is 1. The number of aryl methyl sites for hydroxylation is 1. The standard InChI is InChI=1S/C13H13N3O4/c1-3-20-13(17)12-11(8(2)14-15-12)9-5-4-6-10(7-9)16(18)19/h4-7H,3H2,1-2H3,(H,14,15). The Morgan fingerprint density at radius 1 is 1.50 bits per heavy atom. The Hall–Kier alpha value is -2.70. The number of H-pyrrole nitrogens is 1. The van der Waals surface area contributed by atoms with Crippen LogP contribution >= 0.6 is 0 Å². The van der Waals surface area contributed by atoms with E-state index in [1.54, 1.807) is 26.0 Å². The summed E-state index contributed by atoms with van der Waals surface area (Å²) in [7, 11) is 0. The van der Waals surface area contributed by atoms with E-state index < -0.39 is 10.9 Å². The largest absolute Gasteiger partial charge is 0.461 e. The van der Waals surface area contributed by atoms with Gasteiger partial charge in [0, 0.05) is 23.4 Å². The van der Waals surface area contributed by atoms with Crippen molar-refractivity contribution in [3.05, 3.63) is 45.8 Å². The maximum absolute atomic E-state index is 11.8. The van der Waals surface area contributed by atoms with Crippen molar-refractivity contribution in [1.82, 2.24) is 10.2 Å². The Morgan fingerprint density at radius 3 is 2.90 bits per heavy atom. The lowest BCUT2D eigenvalue weighted by atomic mass is 10.0. The van der Waals surface area contributed by atoms with E-state index in [9.17, 15) is 14.9 Å². The summed E-state index contributed by atoms with van der Waals surface area (Å²) in [5.41, 5.74) is 1.80. The molecule has 1 aromatic carbocycles. The van der Waals surface area contributed by atoms with Gasteiger partial charge >= 0.3 is 5.97 Å². The zero-order chi connectivity index (χ0) is 14.7. The number of nitro benzene ring substituents is 1. The van der Waals surface area contributed by atoms with Crippen LogP contribution in [0.15, 0.2) is 24.3 Å². The van der Waals surface area contributed by atoms with Gasteiger partial charge in [-0.3, -0.25) is 15.2 Å². The zero-order valence-corrected chi connectivity index (χ0v) is 11.0. The molecule has 104 valence electrons. The smallest absolute Gasteiger partial charge is 0.359 e. The Labute approximate surface area is 114 Å². The van der Waals surface area contributed by atoms with Gasteiger partial charge in [-0.15, -0.1) is 0 Å². The van der Waals surface area contributed by atoms with Gasteiger partial charge in [-0.2, -0.15) is 5.10 Å². The second kappa shape index (κ2) is 5.52. The predicted octanol–water partition coefficient (Wildman–Crippen LogP) is 2.47. The molecular formula is C13H13N3O4. The lowest BCUT2D eigenvalue weighted by Gasteiger charge is -2.04. The average Bonchev–Trinajstić information content (AvgIpc) is 2.81. The molecule has 1 N–H and O–H groups in total. The van der Waals surface area contributed by atoms with Crippen LogP contribution in [0.5, 0.6) is 0 Å². The highest BCUT2D eigenvalue weighted by molar-refractivity contribution is 5.96. The van der Waals surface area contributed by atoms with Gasteiger partial charge in [0.05, 0.1) is 11.5 Å². The van der Waals surface area contributed by atoms with Crippen molar-refractivity contribution in [3.63, 3.8) is 0 Å². The maximum Gasteiger partial charge on any atom is 0.359 e. The third-order valence-corrected chi connectivity index (χ3v) is 2.76. The number of hydrogen-bond donors (Lipinski definition) is 1. The molecule has 0 atom stereocenters. The van der Waals surface area contributed by atoms with Crippen LogP contribution in [0.2, 0.25) is 0 Å². The van der Waals surface area contributed by atoms with E-state index in [0.29, 0.717) is 16.8 Å². The monoisotopic (exact) mass is 275 g/mol. The Morgan fingerprint density at radius 2 is 2.25 bits per heavy atom. The predicted molar refractivity (Wildman–Crippen MR) is 71.4 cm³/mol. The molecular weight excluding hydrogens is 262 g/mol. The number of rotatable bonds is 4. The summed E-state index contributed by atoms with van der Waals surface area (Å²) in [4.78, 5) is 22.2. The Balaban J connectivity index is 2.52. The number of esters is 1. The molecule has 2 rings (SSSR count). The van der Waals surface area contributed by atoms with Crippen LogP contribution in [0.25, 0.3) is 11.1 Å². The van der Waals surface area contributed by atoms with Crippen LogP contribution in [0.1, 0.15) is 23.1 Å². The number of carbonyl (C=O) groups excluding carboxylic acids is 1.